The van der Waals surface area contributed by atoms with Crippen molar-refractivity contribution in [1.29, 1.82) is 0 Å². The Morgan fingerprint density at radius 1 is 1.25 bits per heavy atom. The number of ketones is 1. The summed E-state index contributed by atoms with van der Waals surface area (Å²) in [5.41, 5.74) is 0.948. The number of rotatable bonds is 10. The molecule has 172 valence electrons. The Labute approximate surface area is 186 Å². The second kappa shape index (κ2) is 11.6. The summed E-state index contributed by atoms with van der Waals surface area (Å²) >= 11 is 0. The average Bonchev–Trinajstić information content (AvgIpc) is 3.16. The van der Waals surface area contributed by atoms with Crippen LogP contribution in [0.4, 0.5) is 4.79 Å². The monoisotopic (exact) mass is 445 g/mol. The largest absolute Gasteiger partial charge is 0.479 e. The molecule has 0 unspecified atom stereocenters. The fourth-order valence-electron chi connectivity index (χ4n) is 3.54. The van der Waals surface area contributed by atoms with Gasteiger partial charge in [0.25, 0.3) is 5.91 Å². The smallest absolute Gasteiger partial charge is 0.417 e. The van der Waals surface area contributed by atoms with Gasteiger partial charge in [0.1, 0.15) is 12.4 Å². The Kier molecular flexibility index (Phi) is 8.55. The van der Waals surface area contributed by atoms with Crippen LogP contribution in [0.5, 0.6) is 0 Å². The lowest BCUT2D eigenvalue weighted by molar-refractivity contribution is -0.153. The van der Waals surface area contributed by atoms with Gasteiger partial charge in [-0.25, -0.2) is 9.69 Å². The zero-order valence-electron chi connectivity index (χ0n) is 17.8. The summed E-state index contributed by atoms with van der Waals surface area (Å²) < 4.78 is 21.4. The minimum absolute atomic E-state index is 0.0638. The Morgan fingerprint density at radius 3 is 2.75 bits per heavy atom. The molecule has 0 saturated carbocycles. The van der Waals surface area contributed by atoms with Gasteiger partial charge in [0.15, 0.2) is 18.0 Å². The first kappa shape index (κ1) is 23.6. The van der Waals surface area contributed by atoms with Gasteiger partial charge in [-0.2, -0.15) is 0 Å². The molecule has 0 aliphatic carbocycles. The van der Waals surface area contributed by atoms with Gasteiger partial charge in [-0.15, -0.1) is 0 Å². The number of aliphatic hydroxyl groups excluding tert-OH is 1. The molecule has 0 aromatic heterocycles. The molecule has 1 aromatic carbocycles. The molecule has 2 aliphatic rings. The summed E-state index contributed by atoms with van der Waals surface area (Å²) in [6.45, 7) is 0.601. The van der Waals surface area contributed by atoms with E-state index in [2.05, 4.69) is 0 Å². The number of imide groups is 1. The first-order valence-electron chi connectivity index (χ1n) is 10.4. The molecule has 0 radical (unpaired) electrons. The Balaban J connectivity index is 1.70. The summed E-state index contributed by atoms with van der Waals surface area (Å²) in [5, 5.41) is 8.73. The highest BCUT2D eigenvalue weighted by Crippen LogP contribution is 2.24. The maximum Gasteiger partial charge on any atom is 0.417 e. The molecule has 1 saturated heterocycles. The third-order valence-corrected chi connectivity index (χ3v) is 5.08. The van der Waals surface area contributed by atoms with Crippen LogP contribution >= 0.6 is 0 Å². The molecule has 2 heterocycles. The Morgan fingerprint density at radius 2 is 2.03 bits per heavy atom. The van der Waals surface area contributed by atoms with Crippen LogP contribution in [-0.4, -0.2) is 79.6 Å². The van der Waals surface area contributed by atoms with Crippen LogP contribution in [-0.2, 0) is 35.0 Å². The molecule has 2 aliphatic heterocycles. The maximum atomic E-state index is 13.3. The summed E-state index contributed by atoms with van der Waals surface area (Å²) in [7, 11) is 1.29. The minimum Gasteiger partial charge on any atom is -0.479 e. The maximum absolute atomic E-state index is 13.3. The number of cyclic esters (lactones) is 1. The lowest BCUT2D eigenvalue weighted by Crippen LogP contribution is -2.53. The van der Waals surface area contributed by atoms with Crippen LogP contribution in [0.25, 0.3) is 0 Å². The molecule has 2 amide bonds. The van der Waals surface area contributed by atoms with E-state index in [4.69, 9.17) is 24.1 Å². The second-order valence-corrected chi connectivity index (χ2v) is 7.29. The molecule has 32 heavy (non-hydrogen) atoms. The van der Waals surface area contributed by atoms with Crippen LogP contribution in [0.2, 0.25) is 0 Å². The Hall–Kier alpha value is -3.01. The van der Waals surface area contributed by atoms with Gasteiger partial charge in [-0.05, 0) is 36.6 Å². The first-order valence-corrected chi connectivity index (χ1v) is 10.4. The molecule has 9 heteroatoms. The van der Waals surface area contributed by atoms with E-state index in [0.29, 0.717) is 25.2 Å². The highest BCUT2D eigenvalue weighted by Gasteiger charge is 2.46. The van der Waals surface area contributed by atoms with E-state index >= 15 is 0 Å². The van der Waals surface area contributed by atoms with E-state index < -0.39 is 36.0 Å². The predicted molar refractivity (Wildman–Crippen MR) is 113 cm³/mol. The zero-order chi connectivity index (χ0) is 22.9. The van der Waals surface area contributed by atoms with E-state index in [1.165, 1.54) is 19.3 Å². The lowest BCUT2D eigenvalue weighted by Gasteiger charge is -2.30. The van der Waals surface area contributed by atoms with Crippen molar-refractivity contribution in [3.8, 4) is 0 Å². The number of allylic oxidation sites excluding steroid dienone is 1. The van der Waals surface area contributed by atoms with Gasteiger partial charge >= 0.3 is 6.09 Å². The van der Waals surface area contributed by atoms with Crippen LogP contribution in [0, 0.1) is 0 Å². The third kappa shape index (κ3) is 5.82. The second-order valence-electron chi connectivity index (χ2n) is 7.29. The molecule has 0 spiro atoms. The van der Waals surface area contributed by atoms with Gasteiger partial charge in [0, 0.05) is 7.11 Å². The number of benzene rings is 1. The number of nitrogens with zero attached hydrogens (tertiary/aromatic N) is 1. The highest BCUT2D eigenvalue weighted by atomic mass is 16.6. The molecular formula is C23H27NO8. The van der Waals surface area contributed by atoms with Crippen molar-refractivity contribution in [1.82, 2.24) is 4.90 Å². The number of aliphatic hydroxyl groups is 1. The van der Waals surface area contributed by atoms with E-state index in [1.54, 1.807) is 6.08 Å². The van der Waals surface area contributed by atoms with Crippen molar-refractivity contribution in [2.24, 2.45) is 0 Å². The van der Waals surface area contributed by atoms with Crippen molar-refractivity contribution in [3.63, 3.8) is 0 Å². The van der Waals surface area contributed by atoms with Gasteiger partial charge in [-0.1, -0.05) is 30.3 Å². The van der Waals surface area contributed by atoms with Gasteiger partial charge in [-0.3, -0.25) is 9.59 Å². The molecule has 0 bridgehead atoms. The molecule has 1 aromatic rings. The van der Waals surface area contributed by atoms with Crippen molar-refractivity contribution >= 4 is 17.8 Å². The number of hydrogen-bond acceptors (Lipinski definition) is 8. The van der Waals surface area contributed by atoms with E-state index in [1.807, 2.05) is 30.3 Å². The Bertz CT molecular complexity index is 866. The van der Waals surface area contributed by atoms with E-state index in [9.17, 15) is 14.4 Å². The molecule has 9 nitrogen and oxygen atoms in total. The topological polar surface area (TPSA) is 112 Å². The fourth-order valence-corrected chi connectivity index (χ4v) is 3.54. The van der Waals surface area contributed by atoms with Gasteiger partial charge in [0.05, 0.1) is 25.9 Å². The van der Waals surface area contributed by atoms with Gasteiger partial charge in [0.2, 0.25) is 0 Å². The summed E-state index contributed by atoms with van der Waals surface area (Å²) in [5.74, 6) is -0.733. The van der Waals surface area contributed by atoms with Crippen molar-refractivity contribution in [2.75, 3.05) is 33.5 Å². The molecule has 1 N–H and O–H groups in total. The third-order valence-electron chi connectivity index (χ3n) is 5.08. The number of amides is 2. The standard InChI is InChI=1S/C23H27NO8/c1-29-21(20-19(26)10-9-18(32-20)8-5-12-30-13-11-25)22(27)24-17(15-31-23(24)28)14-16-6-3-2-4-7-16/h2-4,6-10,17,20-21,25H,5,11-15H2,1H3/t17-,20+,21-/m0/s1. The number of carbonyl (C=O) groups is 3. The summed E-state index contributed by atoms with van der Waals surface area (Å²) in [4.78, 5) is 39.1. The van der Waals surface area contributed by atoms with Crippen LogP contribution < -0.4 is 0 Å². The minimum atomic E-state index is -1.31. The molecule has 3 rings (SSSR count). The SMILES string of the molecule is CO[C@H](C(=O)N1C(=O)OC[C@@H]1Cc1ccccc1)[C@@H]1OC(=CCCOCCO)C=CC1=O. The normalized spacial score (nSPS) is 22.7. The highest BCUT2D eigenvalue weighted by molar-refractivity contribution is 6.03. The van der Waals surface area contributed by atoms with Crippen LogP contribution in [0.3, 0.4) is 0 Å². The number of methoxy groups -OCH3 is 1. The van der Waals surface area contributed by atoms with Crippen molar-refractivity contribution in [3.05, 3.63) is 59.9 Å². The average molecular weight is 445 g/mol. The number of ether oxygens (including phenoxy) is 4. The fraction of sp³-hybridized carbons (Fsp3) is 0.435. The van der Waals surface area contributed by atoms with Crippen molar-refractivity contribution < 1.29 is 38.4 Å². The molecule has 3 atom stereocenters. The summed E-state index contributed by atoms with van der Waals surface area (Å²) in [6.07, 6.45) is 2.14. The molecule has 1 fully saturated rings. The number of hydrogen-bond donors (Lipinski definition) is 1. The molecular weight excluding hydrogens is 418 g/mol. The van der Waals surface area contributed by atoms with E-state index in [0.717, 1.165) is 10.5 Å². The lowest BCUT2D eigenvalue weighted by atomic mass is 10.0. The van der Waals surface area contributed by atoms with Crippen LogP contribution in [0.15, 0.2) is 54.3 Å². The van der Waals surface area contributed by atoms with Crippen molar-refractivity contribution in [2.45, 2.75) is 31.1 Å². The first-order chi connectivity index (χ1) is 15.5. The zero-order valence-corrected chi connectivity index (χ0v) is 17.8. The predicted octanol–water partition coefficient (Wildman–Crippen LogP) is 1.40. The summed E-state index contributed by atoms with van der Waals surface area (Å²) in [6, 6.07) is 8.93. The van der Waals surface area contributed by atoms with E-state index in [-0.39, 0.29) is 19.8 Å². The quantitative estimate of drug-likeness (QED) is 0.538. The van der Waals surface area contributed by atoms with Crippen LogP contribution in [0.1, 0.15) is 12.0 Å². The number of carbonyl (C=O) groups excluding carboxylic acids is 3. The van der Waals surface area contributed by atoms with Gasteiger partial charge < -0.3 is 24.1 Å².